The van der Waals surface area contributed by atoms with Crippen LogP contribution >= 0.6 is 0 Å². The van der Waals surface area contributed by atoms with Gasteiger partial charge in [-0.15, -0.1) is 0 Å². The molecular formula is C16H14N4O. The molecule has 0 aliphatic rings. The molecule has 0 unspecified atom stereocenters. The molecule has 0 saturated carbocycles. The highest BCUT2D eigenvalue weighted by Gasteiger charge is 2.07. The van der Waals surface area contributed by atoms with E-state index in [1.807, 2.05) is 30.3 Å². The van der Waals surface area contributed by atoms with Gasteiger partial charge < -0.3 is 16.8 Å². The van der Waals surface area contributed by atoms with Crippen molar-refractivity contribution in [3.63, 3.8) is 0 Å². The van der Waals surface area contributed by atoms with Gasteiger partial charge in [0.05, 0.1) is 11.1 Å². The van der Waals surface area contributed by atoms with Crippen molar-refractivity contribution in [1.29, 1.82) is 0 Å². The minimum atomic E-state index is -0.543. The average Bonchev–Trinajstić information content (AvgIpc) is 2.49. The highest BCUT2D eigenvalue weighted by atomic mass is 16.1. The Morgan fingerprint density at radius 3 is 2.62 bits per heavy atom. The monoisotopic (exact) mass is 278 g/mol. The lowest BCUT2D eigenvalue weighted by Gasteiger charge is -2.10. The van der Waals surface area contributed by atoms with E-state index in [4.69, 9.17) is 11.5 Å². The van der Waals surface area contributed by atoms with Crippen LogP contribution in [-0.4, -0.2) is 10.9 Å². The third-order valence-electron chi connectivity index (χ3n) is 3.21. The molecule has 0 fully saturated rings. The zero-order valence-corrected chi connectivity index (χ0v) is 11.2. The molecule has 5 N–H and O–H groups in total. The van der Waals surface area contributed by atoms with E-state index in [9.17, 15) is 4.79 Å². The summed E-state index contributed by atoms with van der Waals surface area (Å²) in [6, 6.07) is 14.8. The van der Waals surface area contributed by atoms with Crippen LogP contribution in [0.2, 0.25) is 0 Å². The summed E-state index contributed by atoms with van der Waals surface area (Å²) >= 11 is 0. The normalized spacial score (nSPS) is 10.5. The Morgan fingerprint density at radius 2 is 1.81 bits per heavy atom. The minimum Gasteiger partial charge on any atom is -0.398 e. The van der Waals surface area contributed by atoms with Crippen LogP contribution in [0.15, 0.2) is 54.7 Å². The minimum absolute atomic E-state index is 0.308. The number of nitrogens with one attached hydrogen (secondary N) is 1. The van der Waals surface area contributed by atoms with Gasteiger partial charge in [0.2, 0.25) is 0 Å². The van der Waals surface area contributed by atoms with Gasteiger partial charge in [-0.1, -0.05) is 6.07 Å². The van der Waals surface area contributed by atoms with Crippen LogP contribution in [0, 0.1) is 0 Å². The molecule has 0 aliphatic carbocycles. The molecule has 1 amide bonds. The fourth-order valence-electron chi connectivity index (χ4n) is 2.17. The number of carbonyl (C=O) groups excluding carboxylic acids is 1. The van der Waals surface area contributed by atoms with Crippen molar-refractivity contribution in [2.75, 3.05) is 11.1 Å². The second-order valence-corrected chi connectivity index (χ2v) is 4.70. The molecule has 21 heavy (non-hydrogen) atoms. The van der Waals surface area contributed by atoms with Crippen molar-refractivity contribution < 1.29 is 4.79 Å². The smallest absolute Gasteiger partial charge is 0.250 e. The molecule has 2 aromatic carbocycles. The number of benzene rings is 2. The number of nitrogen functional groups attached to an aromatic ring is 1. The number of fused-ring (bicyclic) bond motifs is 1. The Balaban J connectivity index is 1.94. The summed E-state index contributed by atoms with van der Waals surface area (Å²) in [6.07, 6.45) is 1.76. The number of hydrogen-bond donors (Lipinski definition) is 3. The Morgan fingerprint density at radius 1 is 1.05 bits per heavy atom. The molecule has 0 aliphatic heterocycles. The largest absolute Gasteiger partial charge is 0.398 e. The summed E-state index contributed by atoms with van der Waals surface area (Å²) in [7, 11) is 0. The number of carbonyl (C=O) groups is 1. The van der Waals surface area contributed by atoms with E-state index >= 15 is 0 Å². The lowest BCUT2D eigenvalue weighted by Crippen LogP contribution is -2.13. The first kappa shape index (κ1) is 12.9. The van der Waals surface area contributed by atoms with Crippen LogP contribution in [-0.2, 0) is 0 Å². The predicted molar refractivity (Wildman–Crippen MR) is 84.4 cm³/mol. The topological polar surface area (TPSA) is 94.0 Å². The zero-order chi connectivity index (χ0) is 14.8. The van der Waals surface area contributed by atoms with Crippen LogP contribution in [0.1, 0.15) is 10.4 Å². The molecule has 0 atom stereocenters. The van der Waals surface area contributed by atoms with Gasteiger partial charge in [0.25, 0.3) is 5.91 Å². The maximum absolute atomic E-state index is 11.3. The van der Waals surface area contributed by atoms with Gasteiger partial charge in [-0.25, -0.2) is 0 Å². The summed E-state index contributed by atoms with van der Waals surface area (Å²) in [5, 5.41) is 4.26. The number of nitrogens with two attached hydrogens (primary N) is 2. The molecule has 5 nitrogen and oxygen atoms in total. The molecule has 5 heteroatoms. The summed E-state index contributed by atoms with van der Waals surface area (Å²) in [6.45, 7) is 0. The number of nitrogens with zero attached hydrogens (tertiary/aromatic N) is 1. The second-order valence-electron chi connectivity index (χ2n) is 4.70. The van der Waals surface area contributed by atoms with Crippen molar-refractivity contribution in [2.45, 2.75) is 0 Å². The van der Waals surface area contributed by atoms with Gasteiger partial charge in [0.15, 0.2) is 0 Å². The number of primary amides is 1. The molecule has 3 aromatic rings. The van der Waals surface area contributed by atoms with E-state index in [2.05, 4.69) is 10.3 Å². The van der Waals surface area contributed by atoms with Gasteiger partial charge in [-0.2, -0.15) is 0 Å². The molecular weight excluding hydrogens is 264 g/mol. The van der Waals surface area contributed by atoms with E-state index < -0.39 is 5.91 Å². The third-order valence-corrected chi connectivity index (χ3v) is 3.21. The summed E-state index contributed by atoms with van der Waals surface area (Å²) < 4.78 is 0. The van der Waals surface area contributed by atoms with Crippen LogP contribution in [0.4, 0.5) is 17.1 Å². The number of hydrogen-bond acceptors (Lipinski definition) is 4. The maximum atomic E-state index is 11.3. The number of pyridine rings is 1. The predicted octanol–water partition coefficient (Wildman–Crippen LogP) is 2.66. The number of rotatable bonds is 3. The quantitative estimate of drug-likeness (QED) is 0.642. The fraction of sp³-hybridized carbons (Fsp3) is 0. The van der Waals surface area contributed by atoms with Crippen LogP contribution < -0.4 is 16.8 Å². The maximum Gasteiger partial charge on any atom is 0.250 e. The average molecular weight is 278 g/mol. The van der Waals surface area contributed by atoms with Gasteiger partial charge in [-0.05, 0) is 42.5 Å². The zero-order valence-electron chi connectivity index (χ0n) is 11.2. The fourth-order valence-corrected chi connectivity index (χ4v) is 2.17. The lowest BCUT2D eigenvalue weighted by atomic mass is 10.1. The molecule has 1 aromatic heterocycles. The van der Waals surface area contributed by atoms with E-state index in [1.54, 1.807) is 24.4 Å². The first-order valence-electron chi connectivity index (χ1n) is 6.44. The molecule has 0 bridgehead atoms. The van der Waals surface area contributed by atoms with Gasteiger partial charge in [-0.3, -0.25) is 9.78 Å². The van der Waals surface area contributed by atoms with Crippen molar-refractivity contribution in [2.24, 2.45) is 5.73 Å². The Hall–Kier alpha value is -3.08. The van der Waals surface area contributed by atoms with E-state index in [0.29, 0.717) is 11.3 Å². The van der Waals surface area contributed by atoms with Crippen LogP contribution in [0.25, 0.3) is 10.9 Å². The van der Waals surface area contributed by atoms with Crippen molar-refractivity contribution >= 4 is 33.9 Å². The molecule has 1 heterocycles. The molecule has 0 radical (unpaired) electrons. The van der Waals surface area contributed by atoms with Gasteiger partial charge in [0.1, 0.15) is 0 Å². The standard InChI is InChI=1S/C16H14N4O/c17-14-5-3-12(9-13(14)16(18)21)20-11-4-6-15-10(8-11)2-1-7-19-15/h1-9,20H,17H2,(H2,18,21). The summed E-state index contributed by atoms with van der Waals surface area (Å²) in [5.74, 6) is -0.543. The third kappa shape index (κ3) is 2.62. The number of anilines is 3. The summed E-state index contributed by atoms with van der Waals surface area (Å²) in [5.41, 5.74) is 14.3. The number of aromatic nitrogens is 1. The summed E-state index contributed by atoms with van der Waals surface area (Å²) in [4.78, 5) is 15.6. The van der Waals surface area contributed by atoms with Crippen molar-refractivity contribution in [3.05, 3.63) is 60.3 Å². The Bertz CT molecular complexity index is 829. The Labute approximate surface area is 121 Å². The van der Waals surface area contributed by atoms with Crippen LogP contribution in [0.3, 0.4) is 0 Å². The van der Waals surface area contributed by atoms with Gasteiger partial charge >= 0.3 is 0 Å². The lowest BCUT2D eigenvalue weighted by molar-refractivity contribution is 0.100. The Kier molecular flexibility index (Phi) is 3.16. The highest BCUT2D eigenvalue weighted by molar-refractivity contribution is 5.99. The first-order valence-corrected chi connectivity index (χ1v) is 6.44. The molecule has 104 valence electrons. The molecule has 3 rings (SSSR count). The highest BCUT2D eigenvalue weighted by Crippen LogP contribution is 2.23. The van der Waals surface area contributed by atoms with Crippen molar-refractivity contribution in [1.82, 2.24) is 4.98 Å². The SMILES string of the molecule is NC(=O)c1cc(Nc2ccc3ncccc3c2)ccc1N. The van der Waals surface area contributed by atoms with Crippen molar-refractivity contribution in [3.8, 4) is 0 Å². The van der Waals surface area contributed by atoms with E-state index in [-0.39, 0.29) is 0 Å². The molecule has 0 spiro atoms. The molecule has 0 saturated heterocycles. The first-order chi connectivity index (χ1) is 10.1. The second kappa shape index (κ2) is 5.13. The number of amides is 1. The van der Waals surface area contributed by atoms with E-state index in [0.717, 1.165) is 22.3 Å². The van der Waals surface area contributed by atoms with Gasteiger partial charge in [0, 0.05) is 28.6 Å². The van der Waals surface area contributed by atoms with E-state index in [1.165, 1.54) is 0 Å². The van der Waals surface area contributed by atoms with Crippen LogP contribution in [0.5, 0.6) is 0 Å².